The number of rotatable bonds is 18. The van der Waals surface area contributed by atoms with E-state index in [2.05, 4.69) is 36.3 Å². The third-order valence-electron chi connectivity index (χ3n) is 14.0. The largest absolute Gasteiger partial charge is 0.387 e. The Bertz CT molecular complexity index is 2030. The van der Waals surface area contributed by atoms with Gasteiger partial charge in [0.1, 0.15) is 5.78 Å². The van der Waals surface area contributed by atoms with Crippen LogP contribution in [0, 0.1) is 29.1 Å². The van der Waals surface area contributed by atoms with E-state index in [-0.39, 0.29) is 55.6 Å². The summed E-state index contributed by atoms with van der Waals surface area (Å²) < 4.78 is 0. The van der Waals surface area contributed by atoms with Gasteiger partial charge < -0.3 is 9.74 Å². The van der Waals surface area contributed by atoms with Crippen molar-refractivity contribution in [2.24, 2.45) is 34.2 Å². The number of nitrogens with zero attached hydrogens (tertiary/aromatic N) is 2. The lowest BCUT2D eigenvalue weighted by molar-refractivity contribution is -0.147. The van der Waals surface area contributed by atoms with E-state index in [0.29, 0.717) is 42.3 Å². The average Bonchev–Trinajstić information content (AvgIpc) is 3.85. The van der Waals surface area contributed by atoms with Crippen LogP contribution in [0.5, 0.6) is 0 Å². The van der Waals surface area contributed by atoms with Crippen LogP contribution in [0.15, 0.2) is 90.1 Å². The Morgan fingerprint density at radius 3 is 2.08 bits per heavy atom. The Labute approximate surface area is 368 Å². The van der Waals surface area contributed by atoms with Gasteiger partial charge in [0, 0.05) is 66.4 Å². The first-order chi connectivity index (χ1) is 29.0. The van der Waals surface area contributed by atoms with E-state index in [1.165, 1.54) is 6.42 Å². The molecule has 0 radical (unpaired) electrons. The van der Waals surface area contributed by atoms with Crippen molar-refractivity contribution < 1.29 is 28.8 Å². The highest BCUT2D eigenvalue weighted by molar-refractivity contribution is 6.38. The Morgan fingerprint density at radius 1 is 0.852 bits per heavy atom. The molecule has 0 unspecified atom stereocenters. The van der Waals surface area contributed by atoms with Gasteiger partial charge in [-0.15, -0.1) is 0 Å². The summed E-state index contributed by atoms with van der Waals surface area (Å²) in [5.74, 6) is -2.88. The first-order valence-electron chi connectivity index (χ1n) is 22.6. The normalized spacial score (nSPS) is 21.1. The maximum atomic E-state index is 15.0. The molecule has 3 aromatic rings. The summed E-state index contributed by atoms with van der Waals surface area (Å²) in [6.45, 7) is 12.1. The summed E-state index contributed by atoms with van der Waals surface area (Å²) in [5.41, 5.74) is 1.48. The summed E-state index contributed by atoms with van der Waals surface area (Å²) in [4.78, 5) is 79.6. The van der Waals surface area contributed by atoms with Crippen LogP contribution < -0.4 is 0 Å². The summed E-state index contributed by atoms with van der Waals surface area (Å²) in [7, 11) is 0. The number of likely N-dealkylation sites (tertiary alicyclic amines) is 1. The van der Waals surface area contributed by atoms with E-state index in [1.54, 1.807) is 11.0 Å². The van der Waals surface area contributed by atoms with Crippen molar-refractivity contribution >= 4 is 46.4 Å². The molecule has 2 fully saturated rings. The summed E-state index contributed by atoms with van der Waals surface area (Å²) in [6.07, 6.45) is 7.46. The van der Waals surface area contributed by atoms with Gasteiger partial charge in [0.15, 0.2) is 17.2 Å². The van der Waals surface area contributed by atoms with E-state index in [4.69, 9.17) is 16.4 Å². The molecule has 9 heteroatoms. The first kappa shape index (κ1) is 46.1. The van der Waals surface area contributed by atoms with Crippen LogP contribution in [0.4, 0.5) is 0 Å². The molecule has 1 spiro atoms. The van der Waals surface area contributed by atoms with Gasteiger partial charge in [-0.1, -0.05) is 170 Å². The standard InChI is InChI=1S/C52H65ClN2O6/c1-7-18-38(48(59)47(58)27-35(2)51(6,39-22-13-9-14-23-39)40-24-15-10-16-25-40)30-46(57)45-33-52(32-44(54-61-52)37-21-17-26-41(53)29-37)34-55(45)49(60)43(50(3,4)5)31-42(56)28-36-19-11-8-12-20-36/h9-10,13-17,21-26,29,35-36,38,43,45H,7-8,11-12,18-20,27-28,30-34H2,1-6H3/t35-,38-,43-,45+,52-/m1/s1. The molecule has 6 rings (SSSR count). The van der Waals surface area contributed by atoms with E-state index in [0.717, 1.165) is 42.4 Å². The minimum absolute atomic E-state index is 0.0181. The minimum atomic E-state index is -0.975. The van der Waals surface area contributed by atoms with Crippen molar-refractivity contribution in [1.29, 1.82) is 0 Å². The molecular weight excluding hydrogens is 784 g/mol. The molecule has 1 aliphatic carbocycles. The number of amides is 1. The van der Waals surface area contributed by atoms with Crippen LogP contribution in [-0.4, -0.2) is 57.8 Å². The van der Waals surface area contributed by atoms with Gasteiger partial charge in [0.25, 0.3) is 0 Å². The molecule has 8 nitrogen and oxygen atoms in total. The van der Waals surface area contributed by atoms with Crippen molar-refractivity contribution in [1.82, 2.24) is 4.90 Å². The number of oxime groups is 1. The van der Waals surface area contributed by atoms with Crippen LogP contribution in [0.25, 0.3) is 0 Å². The van der Waals surface area contributed by atoms with E-state index in [1.807, 2.05) is 89.2 Å². The monoisotopic (exact) mass is 848 g/mol. The topological polar surface area (TPSA) is 110 Å². The second-order valence-corrected chi connectivity index (χ2v) is 20.0. The fraction of sp³-hybridized carbons (Fsp3) is 0.538. The molecule has 2 heterocycles. The molecule has 1 saturated heterocycles. The predicted molar refractivity (Wildman–Crippen MR) is 241 cm³/mol. The minimum Gasteiger partial charge on any atom is -0.387 e. The maximum absolute atomic E-state index is 15.0. The number of Topliss-reactive ketones (excluding diaryl/α,β-unsaturated/α-hetero) is 4. The number of carbonyl (C=O) groups excluding carboxylic acids is 5. The summed E-state index contributed by atoms with van der Waals surface area (Å²) in [5, 5.41) is 5.02. The van der Waals surface area contributed by atoms with Crippen molar-refractivity contribution in [3.05, 3.63) is 107 Å². The molecule has 3 aromatic carbocycles. The molecule has 1 saturated carbocycles. The molecule has 61 heavy (non-hydrogen) atoms. The zero-order chi connectivity index (χ0) is 44.0. The molecular formula is C52H65ClN2O6. The fourth-order valence-electron chi connectivity index (χ4n) is 10.2. The van der Waals surface area contributed by atoms with Crippen molar-refractivity contribution in [3.8, 4) is 0 Å². The number of ketones is 4. The zero-order valence-electron chi connectivity index (χ0n) is 37.1. The lowest BCUT2D eigenvalue weighted by Gasteiger charge is -2.37. The number of hydrogen-bond acceptors (Lipinski definition) is 7. The van der Waals surface area contributed by atoms with E-state index in [9.17, 15) is 24.0 Å². The van der Waals surface area contributed by atoms with Gasteiger partial charge in [0.2, 0.25) is 11.7 Å². The van der Waals surface area contributed by atoms with Gasteiger partial charge in [-0.3, -0.25) is 24.0 Å². The Morgan fingerprint density at radius 2 is 1.49 bits per heavy atom. The van der Waals surface area contributed by atoms with Crippen LogP contribution in [0.2, 0.25) is 5.02 Å². The van der Waals surface area contributed by atoms with Crippen molar-refractivity contribution in [2.75, 3.05) is 6.54 Å². The van der Waals surface area contributed by atoms with Gasteiger partial charge >= 0.3 is 0 Å². The van der Waals surface area contributed by atoms with Crippen LogP contribution in [-0.2, 0) is 34.2 Å². The SMILES string of the molecule is CCC[C@H](CC(=O)[C@@H]1C[C@]2(CC(c3cccc(Cl)c3)=NO2)CN1C(=O)[C@@H](CC(=O)CC1CCCCC1)C(C)(C)C)C(=O)C(=O)C[C@@H](C)C(C)(c1ccccc1)c1ccccc1. The lowest BCUT2D eigenvalue weighted by atomic mass is 9.66. The molecule has 2 aliphatic heterocycles. The lowest BCUT2D eigenvalue weighted by Crippen LogP contribution is -2.48. The first-order valence-corrected chi connectivity index (χ1v) is 23.0. The van der Waals surface area contributed by atoms with Crippen molar-refractivity contribution in [3.63, 3.8) is 0 Å². The highest BCUT2D eigenvalue weighted by Gasteiger charge is 2.55. The zero-order valence-corrected chi connectivity index (χ0v) is 37.8. The van der Waals surface area contributed by atoms with Crippen LogP contribution >= 0.6 is 11.6 Å². The van der Waals surface area contributed by atoms with E-state index >= 15 is 0 Å². The molecule has 5 atom stereocenters. The van der Waals surface area contributed by atoms with Gasteiger partial charge in [-0.25, -0.2) is 0 Å². The van der Waals surface area contributed by atoms with Gasteiger partial charge in [0.05, 0.1) is 18.3 Å². The molecule has 0 N–H and O–H groups in total. The molecule has 3 aliphatic rings. The number of carbonyl (C=O) groups is 5. The number of halogens is 1. The van der Waals surface area contributed by atoms with Crippen LogP contribution in [0.3, 0.4) is 0 Å². The molecule has 1 amide bonds. The molecule has 0 bridgehead atoms. The molecule has 326 valence electrons. The molecule has 0 aromatic heterocycles. The summed E-state index contributed by atoms with van der Waals surface area (Å²) >= 11 is 6.34. The Balaban J connectivity index is 1.24. The highest BCUT2D eigenvalue weighted by atomic mass is 35.5. The third kappa shape index (κ3) is 10.8. The van der Waals surface area contributed by atoms with Gasteiger partial charge in [-0.2, -0.15) is 0 Å². The smallest absolute Gasteiger partial charge is 0.227 e. The number of benzene rings is 3. The van der Waals surface area contributed by atoms with Crippen LogP contribution in [0.1, 0.15) is 142 Å². The second kappa shape index (κ2) is 19.7. The third-order valence-corrected chi connectivity index (χ3v) is 14.3. The van der Waals surface area contributed by atoms with Crippen molar-refractivity contribution in [2.45, 2.75) is 142 Å². The average molecular weight is 850 g/mol. The Kier molecular flexibility index (Phi) is 14.9. The maximum Gasteiger partial charge on any atom is 0.227 e. The number of hydrogen-bond donors (Lipinski definition) is 0. The quantitative estimate of drug-likeness (QED) is 0.118. The van der Waals surface area contributed by atoms with Gasteiger partial charge in [-0.05, 0) is 46.9 Å². The summed E-state index contributed by atoms with van der Waals surface area (Å²) in [6, 6.07) is 26.5. The second-order valence-electron chi connectivity index (χ2n) is 19.5. The fourth-order valence-corrected chi connectivity index (χ4v) is 10.4. The highest BCUT2D eigenvalue weighted by Crippen LogP contribution is 2.44. The van der Waals surface area contributed by atoms with E-state index < -0.39 is 45.9 Å². The Hall–Kier alpha value is -4.43. The predicted octanol–water partition coefficient (Wildman–Crippen LogP) is 10.9.